The van der Waals surface area contributed by atoms with E-state index >= 15 is 0 Å². The summed E-state index contributed by atoms with van der Waals surface area (Å²) in [5.74, 6) is -2.17. The van der Waals surface area contributed by atoms with Gasteiger partial charge >= 0.3 is 11.9 Å². The molecule has 2 amide bonds. The molecule has 0 bridgehead atoms. The first-order valence-electron chi connectivity index (χ1n) is 11.0. The summed E-state index contributed by atoms with van der Waals surface area (Å²) in [7, 11) is 0. The van der Waals surface area contributed by atoms with Crippen LogP contribution in [0.25, 0.3) is 0 Å². The van der Waals surface area contributed by atoms with Crippen LogP contribution in [0.3, 0.4) is 0 Å². The van der Waals surface area contributed by atoms with Crippen molar-refractivity contribution >= 4 is 45.8 Å². The van der Waals surface area contributed by atoms with Crippen LogP contribution in [-0.4, -0.2) is 37.0 Å². The molecule has 0 atom stereocenters. The molecule has 2 aromatic heterocycles. The Balaban J connectivity index is 1.66. The molecule has 0 radical (unpaired) electrons. The molecule has 0 aliphatic carbocycles. The highest BCUT2D eigenvalue weighted by Crippen LogP contribution is 2.34. The van der Waals surface area contributed by atoms with Crippen LogP contribution in [0.15, 0.2) is 41.0 Å². The SMILES string of the molecule is CCOC(=O)c1c(NC(=O)COC(=O)c2ccc(C)c(NC(=O)c3ccco3)c2)sc(C)c1CC. The molecule has 0 aliphatic heterocycles. The number of carbonyl (C=O) groups excluding carboxylic acids is 4. The van der Waals surface area contributed by atoms with E-state index in [1.54, 1.807) is 26.0 Å². The molecule has 2 heterocycles. The molecule has 1 aromatic carbocycles. The number of esters is 2. The average Bonchev–Trinajstić information content (AvgIpc) is 3.47. The van der Waals surface area contributed by atoms with Gasteiger partial charge in [0.25, 0.3) is 11.8 Å². The molecule has 0 unspecified atom stereocenters. The lowest BCUT2D eigenvalue weighted by Crippen LogP contribution is -2.22. The van der Waals surface area contributed by atoms with Gasteiger partial charge in [-0.05, 0) is 62.6 Å². The van der Waals surface area contributed by atoms with E-state index in [0.717, 1.165) is 16.0 Å². The van der Waals surface area contributed by atoms with Gasteiger partial charge in [0.1, 0.15) is 5.00 Å². The first kappa shape index (κ1) is 25.7. The van der Waals surface area contributed by atoms with E-state index in [-0.39, 0.29) is 17.9 Å². The van der Waals surface area contributed by atoms with Gasteiger partial charge in [0, 0.05) is 10.6 Å². The first-order valence-corrected chi connectivity index (χ1v) is 11.8. The van der Waals surface area contributed by atoms with Crippen LogP contribution in [0, 0.1) is 13.8 Å². The van der Waals surface area contributed by atoms with Crippen molar-refractivity contribution in [1.29, 1.82) is 0 Å². The Labute approximate surface area is 206 Å². The Bertz CT molecular complexity index is 1240. The second-order valence-electron chi connectivity index (χ2n) is 7.50. The predicted molar refractivity (Wildman–Crippen MR) is 131 cm³/mol. The predicted octanol–water partition coefficient (Wildman–Crippen LogP) is 4.74. The number of thiophene rings is 1. The smallest absolute Gasteiger partial charge is 0.341 e. The number of amides is 2. The van der Waals surface area contributed by atoms with E-state index in [0.29, 0.717) is 22.7 Å². The Kier molecular flexibility index (Phi) is 8.43. The topological polar surface area (TPSA) is 124 Å². The summed E-state index contributed by atoms with van der Waals surface area (Å²) < 4.78 is 15.4. The Morgan fingerprint density at radius 3 is 2.43 bits per heavy atom. The summed E-state index contributed by atoms with van der Waals surface area (Å²) in [6, 6.07) is 7.77. The van der Waals surface area contributed by atoms with E-state index in [1.807, 2.05) is 13.8 Å². The number of benzene rings is 1. The van der Waals surface area contributed by atoms with Crippen molar-refractivity contribution in [1.82, 2.24) is 0 Å². The van der Waals surface area contributed by atoms with Gasteiger partial charge in [0.05, 0.1) is 24.0 Å². The average molecular weight is 499 g/mol. The second-order valence-corrected chi connectivity index (χ2v) is 8.73. The van der Waals surface area contributed by atoms with Crippen LogP contribution in [0.2, 0.25) is 0 Å². The standard InChI is InChI=1S/C25H26N2O7S/c1-5-17-15(4)35-23(21(17)25(31)32-6-2)27-20(28)13-34-24(30)16-10-9-14(3)18(12-16)26-22(29)19-8-7-11-33-19/h7-12H,5-6,13H2,1-4H3,(H,26,29)(H,27,28). The van der Waals surface area contributed by atoms with Crippen molar-refractivity contribution in [3.63, 3.8) is 0 Å². The van der Waals surface area contributed by atoms with Crippen molar-refractivity contribution < 1.29 is 33.1 Å². The van der Waals surface area contributed by atoms with Gasteiger partial charge < -0.3 is 24.5 Å². The van der Waals surface area contributed by atoms with Crippen molar-refractivity contribution in [3.05, 3.63) is 69.5 Å². The zero-order chi connectivity index (χ0) is 25.5. The van der Waals surface area contributed by atoms with E-state index in [2.05, 4.69) is 10.6 Å². The minimum atomic E-state index is -0.740. The van der Waals surface area contributed by atoms with Gasteiger partial charge in [-0.15, -0.1) is 11.3 Å². The summed E-state index contributed by atoms with van der Waals surface area (Å²) >= 11 is 1.27. The number of aryl methyl sites for hydroxylation is 2. The van der Waals surface area contributed by atoms with E-state index < -0.39 is 30.4 Å². The molecule has 0 saturated carbocycles. The fourth-order valence-electron chi connectivity index (χ4n) is 3.36. The van der Waals surface area contributed by atoms with Gasteiger partial charge in [0.2, 0.25) is 0 Å². The molecule has 0 spiro atoms. The maximum absolute atomic E-state index is 12.5. The maximum Gasteiger partial charge on any atom is 0.341 e. The van der Waals surface area contributed by atoms with Crippen LogP contribution in [0.5, 0.6) is 0 Å². The molecule has 0 fully saturated rings. The third-order valence-corrected chi connectivity index (χ3v) is 6.16. The summed E-state index contributed by atoms with van der Waals surface area (Å²) in [4.78, 5) is 50.6. The molecular weight excluding hydrogens is 472 g/mol. The van der Waals surface area contributed by atoms with Gasteiger partial charge in [0.15, 0.2) is 12.4 Å². The number of hydrogen-bond donors (Lipinski definition) is 2. The lowest BCUT2D eigenvalue weighted by atomic mass is 10.1. The van der Waals surface area contributed by atoms with Gasteiger partial charge in [-0.1, -0.05) is 13.0 Å². The summed E-state index contributed by atoms with van der Waals surface area (Å²) in [6.07, 6.45) is 1.99. The van der Waals surface area contributed by atoms with Crippen LogP contribution < -0.4 is 10.6 Å². The lowest BCUT2D eigenvalue weighted by Gasteiger charge is -2.11. The van der Waals surface area contributed by atoms with Gasteiger partial charge in [-0.2, -0.15) is 0 Å². The molecule has 0 aliphatic rings. The number of hydrogen-bond acceptors (Lipinski definition) is 8. The lowest BCUT2D eigenvalue weighted by molar-refractivity contribution is -0.119. The molecule has 3 aromatic rings. The molecule has 2 N–H and O–H groups in total. The van der Waals surface area contributed by atoms with Crippen molar-refractivity contribution in [2.75, 3.05) is 23.8 Å². The van der Waals surface area contributed by atoms with E-state index in [4.69, 9.17) is 13.9 Å². The Morgan fingerprint density at radius 2 is 1.77 bits per heavy atom. The van der Waals surface area contributed by atoms with Crippen LogP contribution in [0.4, 0.5) is 10.7 Å². The van der Waals surface area contributed by atoms with Crippen molar-refractivity contribution in [2.24, 2.45) is 0 Å². The minimum absolute atomic E-state index is 0.131. The van der Waals surface area contributed by atoms with Gasteiger partial charge in [-0.25, -0.2) is 9.59 Å². The largest absolute Gasteiger partial charge is 0.462 e. The minimum Gasteiger partial charge on any atom is -0.462 e. The highest BCUT2D eigenvalue weighted by molar-refractivity contribution is 7.16. The van der Waals surface area contributed by atoms with Gasteiger partial charge in [-0.3, -0.25) is 9.59 Å². The molecule has 3 rings (SSSR count). The zero-order valence-electron chi connectivity index (χ0n) is 19.9. The molecule has 184 valence electrons. The zero-order valence-corrected chi connectivity index (χ0v) is 20.7. The van der Waals surface area contributed by atoms with Crippen molar-refractivity contribution in [3.8, 4) is 0 Å². The van der Waals surface area contributed by atoms with Crippen LogP contribution in [0.1, 0.15) is 61.1 Å². The fraction of sp³-hybridized carbons (Fsp3) is 0.280. The number of rotatable bonds is 9. The van der Waals surface area contributed by atoms with E-state index in [9.17, 15) is 19.2 Å². The quantitative estimate of drug-likeness (QED) is 0.408. The summed E-state index contributed by atoms with van der Waals surface area (Å²) in [5.41, 5.74) is 2.43. The number of furan rings is 1. The Hall–Kier alpha value is -3.92. The number of nitrogens with one attached hydrogen (secondary N) is 2. The fourth-order valence-corrected chi connectivity index (χ4v) is 4.51. The highest BCUT2D eigenvalue weighted by Gasteiger charge is 2.24. The molecular formula is C25H26N2O7S. The third-order valence-electron chi connectivity index (χ3n) is 5.10. The highest BCUT2D eigenvalue weighted by atomic mass is 32.1. The molecule has 9 nitrogen and oxygen atoms in total. The van der Waals surface area contributed by atoms with E-state index in [1.165, 1.54) is 35.8 Å². The normalized spacial score (nSPS) is 10.5. The summed E-state index contributed by atoms with van der Waals surface area (Å²) in [6.45, 7) is 6.91. The second kappa shape index (κ2) is 11.5. The first-order chi connectivity index (χ1) is 16.7. The monoisotopic (exact) mass is 498 g/mol. The number of carbonyl (C=O) groups is 4. The molecule has 35 heavy (non-hydrogen) atoms. The van der Waals surface area contributed by atoms with Crippen LogP contribution >= 0.6 is 11.3 Å². The molecule has 0 saturated heterocycles. The number of anilines is 2. The van der Waals surface area contributed by atoms with Crippen LogP contribution in [-0.2, 0) is 20.7 Å². The number of ether oxygens (including phenoxy) is 2. The van der Waals surface area contributed by atoms with Crippen molar-refractivity contribution in [2.45, 2.75) is 34.1 Å². The summed E-state index contributed by atoms with van der Waals surface area (Å²) in [5, 5.41) is 5.69. The molecule has 10 heteroatoms. The Morgan fingerprint density at radius 1 is 1.00 bits per heavy atom. The maximum atomic E-state index is 12.5. The third kappa shape index (κ3) is 6.15.